The second-order valence-corrected chi connectivity index (χ2v) is 3.75. The van der Waals surface area contributed by atoms with Gasteiger partial charge in [-0.15, -0.1) is 0 Å². The zero-order valence-corrected chi connectivity index (χ0v) is 11.5. The van der Waals surface area contributed by atoms with Crippen molar-refractivity contribution in [3.8, 4) is 11.5 Å². The number of phenolic OH excluding ortho intramolecular Hbond substituents is 1. The smallest absolute Gasteiger partial charge is 0.343 e. The molecule has 0 aromatic heterocycles. The van der Waals surface area contributed by atoms with Crippen LogP contribution in [0.2, 0.25) is 0 Å². The number of rotatable bonds is 2. The zero-order valence-electron chi connectivity index (χ0n) is 9.74. The van der Waals surface area contributed by atoms with E-state index in [1.54, 1.807) is 24.3 Å². The molecular weight excluding hydrogens is 317 g/mol. The van der Waals surface area contributed by atoms with E-state index < -0.39 is 5.97 Å². The fraction of sp³-hybridized carbons (Fsp3) is 0.0714. The summed E-state index contributed by atoms with van der Waals surface area (Å²) in [6, 6.07) is 13.2. The number of esters is 1. The van der Waals surface area contributed by atoms with Crippen LogP contribution in [0.15, 0.2) is 48.5 Å². The van der Waals surface area contributed by atoms with Gasteiger partial charge >= 0.3 is 5.97 Å². The molecule has 1 N–H and O–H groups in total. The van der Waals surface area contributed by atoms with Crippen molar-refractivity contribution in [1.29, 1.82) is 0 Å². The molecule has 2 aromatic rings. The second-order valence-electron chi connectivity index (χ2n) is 3.75. The summed E-state index contributed by atoms with van der Waals surface area (Å²) >= 11 is 0. The Morgan fingerprint density at radius 3 is 2.11 bits per heavy atom. The van der Waals surface area contributed by atoms with Crippen molar-refractivity contribution < 1.29 is 34.1 Å². The van der Waals surface area contributed by atoms with Crippen LogP contribution in [0.3, 0.4) is 0 Å². The molecule has 0 aliphatic carbocycles. The first kappa shape index (κ1) is 14.4. The average Bonchev–Trinajstić information content (AvgIpc) is 2.33. The first-order valence-electron chi connectivity index (χ1n) is 5.23. The van der Waals surface area contributed by atoms with Crippen molar-refractivity contribution >= 4 is 5.97 Å². The maximum Gasteiger partial charge on any atom is 0.343 e. The number of carbonyl (C=O) groups is 1. The Labute approximate surface area is 118 Å². The fourth-order valence-corrected chi connectivity index (χ4v) is 1.37. The van der Waals surface area contributed by atoms with Crippen LogP contribution in [0.25, 0.3) is 0 Å². The Morgan fingerprint density at radius 2 is 1.56 bits per heavy atom. The number of carbonyl (C=O) groups excluding carboxylic acids is 1. The fourth-order valence-electron chi connectivity index (χ4n) is 1.37. The SMILES string of the molecule is Cc1ccc(C(=O)Oc2ccc(O)cc2)cc1.[Ru]. The molecule has 0 spiro atoms. The van der Waals surface area contributed by atoms with Crippen LogP contribution in [0.4, 0.5) is 0 Å². The van der Waals surface area contributed by atoms with E-state index >= 15 is 0 Å². The van der Waals surface area contributed by atoms with Crippen LogP contribution in [-0.2, 0) is 19.5 Å². The molecular formula is C14H12O3Ru. The van der Waals surface area contributed by atoms with E-state index in [0.717, 1.165) is 5.56 Å². The predicted octanol–water partition coefficient (Wildman–Crippen LogP) is 2.92. The van der Waals surface area contributed by atoms with Gasteiger partial charge < -0.3 is 9.84 Å². The van der Waals surface area contributed by atoms with E-state index in [1.807, 2.05) is 19.1 Å². The van der Waals surface area contributed by atoms with Crippen molar-refractivity contribution in [2.75, 3.05) is 0 Å². The summed E-state index contributed by atoms with van der Waals surface area (Å²) in [7, 11) is 0. The minimum atomic E-state index is -0.407. The monoisotopic (exact) mass is 330 g/mol. The van der Waals surface area contributed by atoms with Crippen molar-refractivity contribution in [1.82, 2.24) is 0 Å². The maximum atomic E-state index is 11.7. The minimum Gasteiger partial charge on any atom is -0.508 e. The topological polar surface area (TPSA) is 46.5 Å². The Bertz CT molecular complexity index is 518. The molecule has 4 heteroatoms. The summed E-state index contributed by atoms with van der Waals surface area (Å²) in [6.07, 6.45) is 0. The average molecular weight is 329 g/mol. The van der Waals surface area contributed by atoms with Gasteiger partial charge in [0.2, 0.25) is 0 Å². The number of aryl methyl sites for hydroxylation is 1. The molecule has 0 amide bonds. The zero-order chi connectivity index (χ0) is 12.3. The molecule has 2 rings (SSSR count). The van der Waals surface area contributed by atoms with Gasteiger partial charge in [-0.25, -0.2) is 4.79 Å². The molecule has 94 valence electrons. The minimum absolute atomic E-state index is 0. The van der Waals surface area contributed by atoms with Crippen LogP contribution in [0.5, 0.6) is 11.5 Å². The van der Waals surface area contributed by atoms with Gasteiger partial charge in [0.15, 0.2) is 0 Å². The molecule has 0 aliphatic rings. The third-order valence-electron chi connectivity index (χ3n) is 2.33. The number of hydrogen-bond acceptors (Lipinski definition) is 3. The Hall–Kier alpha value is -1.67. The summed E-state index contributed by atoms with van der Waals surface area (Å²) in [5.41, 5.74) is 1.59. The van der Waals surface area contributed by atoms with E-state index in [4.69, 9.17) is 9.84 Å². The summed E-state index contributed by atoms with van der Waals surface area (Å²) in [5, 5.41) is 9.10. The molecule has 0 saturated carbocycles. The third-order valence-corrected chi connectivity index (χ3v) is 2.33. The van der Waals surface area contributed by atoms with Crippen molar-refractivity contribution in [2.45, 2.75) is 6.92 Å². The number of benzene rings is 2. The summed E-state index contributed by atoms with van der Waals surface area (Å²) in [6.45, 7) is 1.95. The van der Waals surface area contributed by atoms with E-state index in [0.29, 0.717) is 11.3 Å². The van der Waals surface area contributed by atoms with Gasteiger partial charge in [-0.1, -0.05) is 17.7 Å². The van der Waals surface area contributed by atoms with Gasteiger partial charge in [0.25, 0.3) is 0 Å². The molecule has 0 bridgehead atoms. The quantitative estimate of drug-likeness (QED) is 0.523. The standard InChI is InChI=1S/C14H12O3.Ru/c1-10-2-4-11(5-3-10)14(16)17-13-8-6-12(15)7-9-13;/h2-9,15H,1H3;. The summed E-state index contributed by atoms with van der Waals surface area (Å²) in [5.74, 6) is 0.143. The molecule has 0 radical (unpaired) electrons. The molecule has 0 fully saturated rings. The van der Waals surface area contributed by atoms with Crippen LogP contribution < -0.4 is 4.74 Å². The Morgan fingerprint density at radius 1 is 1.00 bits per heavy atom. The number of hydrogen-bond donors (Lipinski definition) is 1. The molecule has 0 heterocycles. The first-order valence-corrected chi connectivity index (χ1v) is 5.23. The molecule has 2 aromatic carbocycles. The number of aromatic hydroxyl groups is 1. The summed E-state index contributed by atoms with van der Waals surface area (Å²) < 4.78 is 5.15. The van der Waals surface area contributed by atoms with Crippen LogP contribution in [0, 0.1) is 6.92 Å². The Kier molecular flexibility index (Phi) is 5.05. The van der Waals surface area contributed by atoms with Gasteiger partial charge in [-0.3, -0.25) is 0 Å². The van der Waals surface area contributed by atoms with Crippen molar-refractivity contribution in [3.05, 3.63) is 59.7 Å². The van der Waals surface area contributed by atoms with Crippen molar-refractivity contribution in [2.24, 2.45) is 0 Å². The molecule has 0 saturated heterocycles. The molecule has 18 heavy (non-hydrogen) atoms. The van der Waals surface area contributed by atoms with E-state index in [1.165, 1.54) is 12.1 Å². The second kappa shape index (κ2) is 6.32. The van der Waals surface area contributed by atoms with Gasteiger partial charge in [-0.2, -0.15) is 0 Å². The molecule has 3 nitrogen and oxygen atoms in total. The summed E-state index contributed by atoms with van der Waals surface area (Å²) in [4.78, 5) is 11.7. The third kappa shape index (κ3) is 3.67. The molecule has 0 unspecified atom stereocenters. The number of ether oxygens (including phenoxy) is 1. The van der Waals surface area contributed by atoms with E-state index in [2.05, 4.69) is 0 Å². The largest absolute Gasteiger partial charge is 0.508 e. The molecule has 0 atom stereocenters. The Balaban J connectivity index is 0.00000162. The van der Waals surface area contributed by atoms with Crippen molar-refractivity contribution in [3.63, 3.8) is 0 Å². The van der Waals surface area contributed by atoms with Gasteiger partial charge in [-0.05, 0) is 43.3 Å². The van der Waals surface area contributed by atoms with Gasteiger partial charge in [0.05, 0.1) is 5.56 Å². The molecule has 0 aliphatic heterocycles. The van der Waals surface area contributed by atoms with Crippen LogP contribution in [-0.4, -0.2) is 11.1 Å². The van der Waals surface area contributed by atoms with E-state index in [-0.39, 0.29) is 25.2 Å². The maximum absolute atomic E-state index is 11.7. The predicted molar refractivity (Wildman–Crippen MR) is 64.2 cm³/mol. The van der Waals surface area contributed by atoms with Crippen LogP contribution in [0.1, 0.15) is 15.9 Å². The van der Waals surface area contributed by atoms with Crippen LogP contribution >= 0.6 is 0 Å². The van der Waals surface area contributed by atoms with Gasteiger partial charge in [0, 0.05) is 19.5 Å². The first-order chi connectivity index (χ1) is 8.15. The number of phenols is 1. The van der Waals surface area contributed by atoms with Gasteiger partial charge in [0.1, 0.15) is 11.5 Å². The normalized spacial score (nSPS) is 9.39. The van der Waals surface area contributed by atoms with E-state index in [9.17, 15) is 4.79 Å².